The third kappa shape index (κ3) is 4.91. The maximum absolute atomic E-state index is 11.9. The zero-order valence-corrected chi connectivity index (χ0v) is 14.4. The maximum Gasteiger partial charge on any atom is 0.319 e. The summed E-state index contributed by atoms with van der Waals surface area (Å²) < 4.78 is 10.5. The highest BCUT2D eigenvalue weighted by Gasteiger charge is 2.05. The molecule has 0 saturated carbocycles. The average molecular weight is 328 g/mol. The van der Waals surface area contributed by atoms with E-state index >= 15 is 0 Å². The summed E-state index contributed by atoms with van der Waals surface area (Å²) in [4.78, 5) is 11.9. The molecular formula is C19H24N2O3. The molecule has 0 radical (unpaired) electrons. The molecule has 0 atom stereocenters. The quantitative estimate of drug-likeness (QED) is 0.816. The first kappa shape index (κ1) is 17.7. The van der Waals surface area contributed by atoms with Crippen molar-refractivity contribution in [1.82, 2.24) is 5.32 Å². The predicted molar refractivity (Wildman–Crippen MR) is 96.1 cm³/mol. The number of methoxy groups -OCH3 is 2. The van der Waals surface area contributed by atoms with E-state index in [1.165, 1.54) is 5.56 Å². The van der Waals surface area contributed by atoms with Crippen LogP contribution in [0.4, 0.5) is 10.5 Å². The minimum absolute atomic E-state index is 0.209. The number of carbonyl (C=O) groups is 1. The SMILES string of the molecule is CCc1ccc(NC(=O)NCCc2ccc(OC)c(OC)c2)cc1. The van der Waals surface area contributed by atoms with Crippen LogP contribution >= 0.6 is 0 Å². The number of ether oxygens (including phenoxy) is 2. The Hall–Kier alpha value is -2.69. The largest absolute Gasteiger partial charge is 0.493 e. The fraction of sp³-hybridized carbons (Fsp3) is 0.316. The van der Waals surface area contributed by atoms with Crippen molar-refractivity contribution in [2.24, 2.45) is 0 Å². The Morgan fingerprint density at radius 3 is 2.25 bits per heavy atom. The van der Waals surface area contributed by atoms with Crippen LogP contribution in [0.25, 0.3) is 0 Å². The molecule has 2 rings (SSSR count). The molecule has 0 fully saturated rings. The van der Waals surface area contributed by atoms with Crippen molar-refractivity contribution in [1.29, 1.82) is 0 Å². The molecule has 2 aromatic carbocycles. The summed E-state index contributed by atoms with van der Waals surface area (Å²) in [5.41, 5.74) is 3.10. The Balaban J connectivity index is 1.81. The lowest BCUT2D eigenvalue weighted by Crippen LogP contribution is -2.30. The van der Waals surface area contributed by atoms with Crippen molar-refractivity contribution in [2.45, 2.75) is 19.8 Å². The normalized spacial score (nSPS) is 10.1. The van der Waals surface area contributed by atoms with Crippen LogP contribution in [0.1, 0.15) is 18.1 Å². The van der Waals surface area contributed by atoms with Gasteiger partial charge < -0.3 is 20.1 Å². The molecule has 0 heterocycles. The molecule has 2 N–H and O–H groups in total. The summed E-state index contributed by atoms with van der Waals surface area (Å²) >= 11 is 0. The van der Waals surface area contributed by atoms with Gasteiger partial charge in [0.25, 0.3) is 0 Å². The molecule has 0 aliphatic heterocycles. The first-order valence-electron chi connectivity index (χ1n) is 8.01. The summed E-state index contributed by atoms with van der Waals surface area (Å²) in [5.74, 6) is 1.39. The van der Waals surface area contributed by atoms with Gasteiger partial charge in [-0.25, -0.2) is 4.79 Å². The van der Waals surface area contributed by atoms with Gasteiger partial charge in [-0.3, -0.25) is 0 Å². The lowest BCUT2D eigenvalue weighted by atomic mass is 10.1. The molecule has 0 bridgehead atoms. The van der Waals surface area contributed by atoms with Crippen LogP contribution in [0, 0.1) is 0 Å². The molecule has 5 heteroatoms. The van der Waals surface area contributed by atoms with Crippen molar-refractivity contribution < 1.29 is 14.3 Å². The Morgan fingerprint density at radius 2 is 1.62 bits per heavy atom. The minimum Gasteiger partial charge on any atom is -0.493 e. The van der Waals surface area contributed by atoms with Crippen LogP contribution in [0.2, 0.25) is 0 Å². The molecule has 0 unspecified atom stereocenters. The van der Waals surface area contributed by atoms with Crippen LogP contribution < -0.4 is 20.1 Å². The van der Waals surface area contributed by atoms with E-state index in [-0.39, 0.29) is 6.03 Å². The van der Waals surface area contributed by atoms with Gasteiger partial charge in [0.15, 0.2) is 11.5 Å². The molecule has 2 aromatic rings. The van der Waals surface area contributed by atoms with Crippen molar-refractivity contribution in [3.8, 4) is 11.5 Å². The van der Waals surface area contributed by atoms with Gasteiger partial charge in [-0.2, -0.15) is 0 Å². The minimum atomic E-state index is -0.209. The molecule has 0 aliphatic carbocycles. The van der Waals surface area contributed by atoms with Gasteiger partial charge in [0, 0.05) is 12.2 Å². The maximum atomic E-state index is 11.9. The summed E-state index contributed by atoms with van der Waals surface area (Å²) in [6.45, 7) is 2.64. The summed E-state index contributed by atoms with van der Waals surface area (Å²) in [6.07, 6.45) is 1.69. The van der Waals surface area contributed by atoms with Crippen molar-refractivity contribution >= 4 is 11.7 Å². The number of carbonyl (C=O) groups excluding carboxylic acids is 1. The molecule has 0 spiro atoms. The Bertz CT molecular complexity index is 669. The van der Waals surface area contributed by atoms with Crippen molar-refractivity contribution in [3.05, 3.63) is 53.6 Å². The third-order valence-electron chi connectivity index (χ3n) is 3.77. The summed E-state index contributed by atoms with van der Waals surface area (Å²) in [6, 6.07) is 13.4. The van der Waals surface area contributed by atoms with Gasteiger partial charge in [0.1, 0.15) is 0 Å². The molecule has 2 amide bonds. The third-order valence-corrected chi connectivity index (χ3v) is 3.77. The second-order valence-electron chi connectivity index (χ2n) is 5.37. The smallest absolute Gasteiger partial charge is 0.319 e. The standard InChI is InChI=1S/C19H24N2O3/c1-4-14-5-8-16(9-6-14)21-19(22)20-12-11-15-7-10-17(23-2)18(13-15)24-3/h5-10,13H,4,11-12H2,1-3H3,(H2,20,21,22). The van der Waals surface area contributed by atoms with Gasteiger partial charge >= 0.3 is 6.03 Å². The Morgan fingerprint density at radius 1 is 0.958 bits per heavy atom. The zero-order chi connectivity index (χ0) is 17.4. The Labute approximate surface area is 143 Å². The monoisotopic (exact) mass is 328 g/mol. The van der Waals surface area contributed by atoms with E-state index in [0.717, 1.165) is 17.7 Å². The van der Waals surface area contributed by atoms with E-state index in [1.807, 2.05) is 42.5 Å². The molecular weight excluding hydrogens is 304 g/mol. The number of urea groups is 1. The number of amides is 2. The number of rotatable bonds is 7. The predicted octanol–water partition coefficient (Wildman–Crippen LogP) is 3.63. The van der Waals surface area contributed by atoms with E-state index in [2.05, 4.69) is 17.6 Å². The second-order valence-corrected chi connectivity index (χ2v) is 5.37. The lowest BCUT2D eigenvalue weighted by Gasteiger charge is -2.11. The van der Waals surface area contributed by atoms with Crippen LogP contribution in [0.15, 0.2) is 42.5 Å². The van der Waals surface area contributed by atoms with E-state index < -0.39 is 0 Å². The summed E-state index contributed by atoms with van der Waals surface area (Å²) in [7, 11) is 3.22. The number of anilines is 1. The van der Waals surface area contributed by atoms with Crippen molar-refractivity contribution in [3.63, 3.8) is 0 Å². The lowest BCUT2D eigenvalue weighted by molar-refractivity contribution is 0.252. The van der Waals surface area contributed by atoms with Crippen molar-refractivity contribution in [2.75, 3.05) is 26.1 Å². The van der Waals surface area contributed by atoms with E-state index in [0.29, 0.717) is 24.5 Å². The van der Waals surface area contributed by atoms with Gasteiger partial charge in [-0.1, -0.05) is 25.1 Å². The van der Waals surface area contributed by atoms with Crippen LogP contribution in [-0.2, 0) is 12.8 Å². The molecule has 0 aliphatic rings. The van der Waals surface area contributed by atoms with E-state index in [1.54, 1.807) is 14.2 Å². The number of aryl methyl sites for hydroxylation is 1. The highest BCUT2D eigenvalue weighted by molar-refractivity contribution is 5.89. The van der Waals surface area contributed by atoms with Crippen LogP contribution in [0.5, 0.6) is 11.5 Å². The van der Waals surface area contributed by atoms with Gasteiger partial charge in [0.05, 0.1) is 14.2 Å². The fourth-order valence-electron chi connectivity index (χ4n) is 2.36. The second kappa shape index (κ2) is 8.82. The number of hydrogen-bond donors (Lipinski definition) is 2. The molecule has 24 heavy (non-hydrogen) atoms. The highest BCUT2D eigenvalue weighted by atomic mass is 16.5. The van der Waals surface area contributed by atoms with Crippen LogP contribution in [0.3, 0.4) is 0 Å². The Kier molecular flexibility index (Phi) is 6.49. The molecule has 5 nitrogen and oxygen atoms in total. The number of benzene rings is 2. The summed E-state index contributed by atoms with van der Waals surface area (Å²) in [5, 5.41) is 5.68. The fourth-order valence-corrected chi connectivity index (χ4v) is 2.36. The molecule has 0 aromatic heterocycles. The zero-order valence-electron chi connectivity index (χ0n) is 14.4. The van der Waals surface area contributed by atoms with Crippen LogP contribution in [-0.4, -0.2) is 26.8 Å². The van der Waals surface area contributed by atoms with E-state index in [4.69, 9.17) is 9.47 Å². The highest BCUT2D eigenvalue weighted by Crippen LogP contribution is 2.27. The van der Waals surface area contributed by atoms with Gasteiger partial charge in [-0.05, 0) is 48.2 Å². The molecule has 0 saturated heterocycles. The topological polar surface area (TPSA) is 59.6 Å². The number of hydrogen-bond acceptors (Lipinski definition) is 3. The van der Waals surface area contributed by atoms with Gasteiger partial charge in [-0.15, -0.1) is 0 Å². The number of nitrogens with one attached hydrogen (secondary N) is 2. The average Bonchev–Trinajstić information content (AvgIpc) is 2.62. The first-order valence-corrected chi connectivity index (χ1v) is 8.01. The van der Waals surface area contributed by atoms with E-state index in [9.17, 15) is 4.79 Å². The van der Waals surface area contributed by atoms with Gasteiger partial charge in [0.2, 0.25) is 0 Å². The first-order chi connectivity index (χ1) is 11.7. The molecule has 128 valence electrons.